The van der Waals surface area contributed by atoms with Crippen LogP contribution >= 0.6 is 0 Å². The summed E-state index contributed by atoms with van der Waals surface area (Å²) in [6.07, 6.45) is 4.13. The molecule has 0 radical (unpaired) electrons. The number of carbonyl (C=O) groups excluding carboxylic acids is 2. The topological polar surface area (TPSA) is 78.9 Å². The Balaban J connectivity index is 1.18. The zero-order valence-electron chi connectivity index (χ0n) is 17.1. The highest BCUT2D eigenvalue weighted by atomic mass is 16.2. The second-order valence-corrected chi connectivity index (χ2v) is 7.47. The maximum absolute atomic E-state index is 12.4. The van der Waals surface area contributed by atoms with Crippen LogP contribution in [0.3, 0.4) is 0 Å². The number of aromatic nitrogens is 2. The number of hydrogen-bond donors (Lipinski definition) is 3. The van der Waals surface area contributed by atoms with Gasteiger partial charge in [-0.3, -0.25) is 9.59 Å². The minimum absolute atomic E-state index is 0.00805. The van der Waals surface area contributed by atoms with Gasteiger partial charge in [-0.2, -0.15) is 0 Å². The van der Waals surface area contributed by atoms with Crippen LogP contribution in [0, 0.1) is 0 Å². The number of aryl methyl sites for hydroxylation is 2. The maximum Gasteiger partial charge on any atom is 0.267 e. The average Bonchev–Trinajstić information content (AvgIpc) is 3.33. The minimum atomic E-state index is -0.137. The monoisotopic (exact) mass is 402 g/mol. The molecule has 2 heterocycles. The van der Waals surface area contributed by atoms with E-state index in [9.17, 15) is 9.59 Å². The molecule has 3 N–H and O–H groups in total. The van der Waals surface area contributed by atoms with Gasteiger partial charge in [-0.1, -0.05) is 36.4 Å². The lowest BCUT2D eigenvalue weighted by molar-refractivity contribution is -0.121. The molecule has 0 aliphatic heterocycles. The van der Waals surface area contributed by atoms with Gasteiger partial charge >= 0.3 is 0 Å². The Bertz CT molecular complexity index is 1190. The van der Waals surface area contributed by atoms with Crippen LogP contribution in [-0.2, 0) is 18.3 Å². The zero-order valence-corrected chi connectivity index (χ0v) is 17.1. The highest BCUT2D eigenvalue weighted by Gasteiger charge is 2.12. The Hall–Kier alpha value is -3.54. The van der Waals surface area contributed by atoms with Crippen molar-refractivity contribution in [2.24, 2.45) is 7.05 Å². The predicted molar refractivity (Wildman–Crippen MR) is 119 cm³/mol. The quantitative estimate of drug-likeness (QED) is 0.394. The molecule has 4 rings (SSSR count). The first-order chi connectivity index (χ1) is 14.6. The minimum Gasteiger partial charge on any atom is -0.361 e. The third-order valence-electron chi connectivity index (χ3n) is 5.44. The van der Waals surface area contributed by atoms with Gasteiger partial charge in [0.15, 0.2) is 0 Å². The Morgan fingerprint density at radius 1 is 1.00 bits per heavy atom. The van der Waals surface area contributed by atoms with Crippen molar-refractivity contribution in [2.45, 2.75) is 19.3 Å². The summed E-state index contributed by atoms with van der Waals surface area (Å²) in [5.74, 6) is -0.129. The summed E-state index contributed by atoms with van der Waals surface area (Å²) in [7, 11) is 1.88. The Morgan fingerprint density at radius 2 is 1.77 bits per heavy atom. The number of amides is 2. The van der Waals surface area contributed by atoms with Crippen LogP contribution in [0.15, 0.2) is 60.8 Å². The van der Waals surface area contributed by atoms with E-state index in [0.29, 0.717) is 25.2 Å². The first-order valence-electron chi connectivity index (χ1n) is 10.3. The van der Waals surface area contributed by atoms with E-state index < -0.39 is 0 Å². The summed E-state index contributed by atoms with van der Waals surface area (Å²) in [4.78, 5) is 27.8. The smallest absolute Gasteiger partial charge is 0.267 e. The summed E-state index contributed by atoms with van der Waals surface area (Å²) in [5, 5.41) is 8.01. The summed E-state index contributed by atoms with van der Waals surface area (Å²) in [6.45, 7) is 0.816. The fraction of sp³-hybridized carbons (Fsp3) is 0.250. The molecule has 0 bridgehead atoms. The molecule has 0 aliphatic rings. The molecule has 0 fully saturated rings. The fourth-order valence-corrected chi connectivity index (χ4v) is 3.84. The third-order valence-corrected chi connectivity index (χ3v) is 5.44. The zero-order chi connectivity index (χ0) is 20.9. The largest absolute Gasteiger partial charge is 0.361 e. The molecule has 0 spiro atoms. The second kappa shape index (κ2) is 8.86. The molecule has 2 aromatic heterocycles. The highest BCUT2D eigenvalue weighted by Crippen LogP contribution is 2.19. The molecule has 4 aromatic rings. The number of rotatable bonds is 8. The van der Waals surface area contributed by atoms with Crippen LogP contribution in [0.2, 0.25) is 0 Å². The van der Waals surface area contributed by atoms with Crippen LogP contribution < -0.4 is 10.6 Å². The Morgan fingerprint density at radius 3 is 2.63 bits per heavy atom. The van der Waals surface area contributed by atoms with Gasteiger partial charge in [-0.15, -0.1) is 0 Å². The van der Waals surface area contributed by atoms with Crippen molar-refractivity contribution in [3.8, 4) is 0 Å². The van der Waals surface area contributed by atoms with Crippen molar-refractivity contribution < 1.29 is 9.59 Å². The average molecular weight is 402 g/mol. The van der Waals surface area contributed by atoms with E-state index in [1.165, 1.54) is 10.9 Å². The lowest BCUT2D eigenvalue weighted by atomic mass is 10.1. The molecule has 0 aliphatic carbocycles. The van der Waals surface area contributed by atoms with Crippen molar-refractivity contribution in [1.82, 2.24) is 20.2 Å². The van der Waals surface area contributed by atoms with Gasteiger partial charge in [0, 0.05) is 54.6 Å². The Labute approximate surface area is 175 Å². The summed E-state index contributed by atoms with van der Waals surface area (Å²) in [5.41, 5.74) is 3.99. The van der Waals surface area contributed by atoms with Crippen LogP contribution in [0.5, 0.6) is 0 Å². The van der Waals surface area contributed by atoms with Gasteiger partial charge in [-0.25, -0.2) is 0 Å². The molecule has 6 heteroatoms. The van der Waals surface area contributed by atoms with Crippen LogP contribution in [0.1, 0.15) is 28.9 Å². The SMILES string of the molecule is Cn1c(C(=O)NCCNC(=O)CCCc2c[nH]c3ccccc23)cc2ccccc21. The van der Waals surface area contributed by atoms with Gasteiger partial charge in [0.05, 0.1) is 0 Å². The third kappa shape index (κ3) is 4.22. The fourth-order valence-electron chi connectivity index (χ4n) is 3.84. The molecule has 0 unspecified atom stereocenters. The first kappa shape index (κ1) is 19.8. The molecule has 2 amide bonds. The van der Waals surface area contributed by atoms with Crippen LogP contribution in [0.4, 0.5) is 0 Å². The molecule has 154 valence electrons. The maximum atomic E-state index is 12.4. The number of carbonyl (C=O) groups is 2. The van der Waals surface area contributed by atoms with E-state index in [1.807, 2.05) is 60.3 Å². The normalized spacial score (nSPS) is 11.1. The number of benzene rings is 2. The van der Waals surface area contributed by atoms with Crippen molar-refractivity contribution in [3.63, 3.8) is 0 Å². The molecule has 30 heavy (non-hydrogen) atoms. The van der Waals surface area contributed by atoms with Crippen LogP contribution in [-0.4, -0.2) is 34.5 Å². The number of nitrogens with zero attached hydrogens (tertiary/aromatic N) is 1. The van der Waals surface area contributed by atoms with Crippen molar-refractivity contribution in [2.75, 3.05) is 13.1 Å². The first-order valence-corrected chi connectivity index (χ1v) is 10.3. The van der Waals surface area contributed by atoms with Crippen LogP contribution in [0.25, 0.3) is 21.8 Å². The number of fused-ring (bicyclic) bond motifs is 2. The molecule has 6 nitrogen and oxygen atoms in total. The molecule has 0 atom stereocenters. The Kier molecular flexibility index (Phi) is 5.84. The van der Waals surface area contributed by atoms with Crippen molar-refractivity contribution in [3.05, 3.63) is 72.1 Å². The standard InChI is InChI=1S/C24H26N4O2/c1-28-21-11-5-2-7-17(21)15-22(28)24(30)26-14-13-25-23(29)12-6-8-18-16-27-20-10-4-3-9-19(18)20/h2-5,7,9-11,15-16,27H,6,8,12-14H2,1H3,(H,25,29)(H,26,30). The van der Waals surface area contributed by atoms with Crippen molar-refractivity contribution in [1.29, 1.82) is 0 Å². The lowest BCUT2D eigenvalue weighted by Crippen LogP contribution is -2.35. The van der Waals surface area contributed by atoms with Gasteiger partial charge < -0.3 is 20.2 Å². The molecular weight excluding hydrogens is 376 g/mol. The number of H-pyrrole nitrogens is 1. The second-order valence-electron chi connectivity index (χ2n) is 7.47. The number of nitrogens with one attached hydrogen (secondary N) is 3. The van der Waals surface area contributed by atoms with E-state index in [-0.39, 0.29) is 11.8 Å². The summed E-state index contributed by atoms with van der Waals surface area (Å²) in [6, 6.07) is 18.0. The number of aromatic amines is 1. The van der Waals surface area contributed by atoms with Gasteiger partial charge in [0.1, 0.15) is 5.69 Å². The molecule has 2 aromatic carbocycles. The van der Waals surface area contributed by atoms with Gasteiger partial charge in [-0.05, 0) is 36.6 Å². The molecule has 0 saturated carbocycles. The number of para-hydroxylation sites is 2. The van der Waals surface area contributed by atoms with E-state index in [1.54, 1.807) is 0 Å². The van der Waals surface area contributed by atoms with E-state index in [4.69, 9.17) is 0 Å². The lowest BCUT2D eigenvalue weighted by Gasteiger charge is -2.08. The summed E-state index contributed by atoms with van der Waals surface area (Å²) >= 11 is 0. The van der Waals surface area contributed by atoms with E-state index in [2.05, 4.69) is 27.8 Å². The van der Waals surface area contributed by atoms with E-state index in [0.717, 1.165) is 29.3 Å². The van der Waals surface area contributed by atoms with Gasteiger partial charge in [0.2, 0.25) is 5.91 Å². The van der Waals surface area contributed by atoms with E-state index >= 15 is 0 Å². The number of hydrogen-bond acceptors (Lipinski definition) is 2. The molecular formula is C24H26N4O2. The predicted octanol–water partition coefficient (Wildman–Crippen LogP) is 3.53. The molecule has 0 saturated heterocycles. The van der Waals surface area contributed by atoms with Gasteiger partial charge in [0.25, 0.3) is 5.91 Å². The van der Waals surface area contributed by atoms with Crippen molar-refractivity contribution >= 4 is 33.6 Å². The highest BCUT2D eigenvalue weighted by molar-refractivity contribution is 5.98. The summed E-state index contributed by atoms with van der Waals surface area (Å²) < 4.78 is 1.88.